The van der Waals surface area contributed by atoms with Gasteiger partial charge in [-0.2, -0.15) is 5.10 Å². The van der Waals surface area contributed by atoms with Gasteiger partial charge in [0.05, 0.1) is 12.2 Å². The van der Waals surface area contributed by atoms with E-state index in [1.165, 1.54) is 5.69 Å². The average Bonchev–Trinajstić information content (AvgIpc) is 2.59. The minimum Gasteiger partial charge on any atom is -0.382 e. The zero-order chi connectivity index (χ0) is 11.5. The highest BCUT2D eigenvalue weighted by atomic mass is 35.5. The molecular weight excluding hydrogens is 236 g/mol. The lowest BCUT2D eigenvalue weighted by Gasteiger charge is -2.18. The number of para-hydroxylation sites is 1. The van der Waals surface area contributed by atoms with E-state index in [1.54, 1.807) is 0 Å². The molecule has 17 heavy (non-hydrogen) atoms. The van der Waals surface area contributed by atoms with Crippen LogP contribution in [-0.4, -0.2) is 16.8 Å². The fourth-order valence-corrected chi connectivity index (χ4v) is 1.70. The van der Waals surface area contributed by atoms with Crippen LogP contribution < -0.4 is 10.6 Å². The van der Waals surface area contributed by atoms with Crippen LogP contribution in [0.15, 0.2) is 36.4 Å². The van der Waals surface area contributed by atoms with Crippen molar-refractivity contribution in [1.29, 1.82) is 0 Å². The topological polar surface area (TPSA) is 47.1 Å². The van der Waals surface area contributed by atoms with E-state index >= 15 is 0 Å². The summed E-state index contributed by atoms with van der Waals surface area (Å²) in [5.41, 5.74) is 7.93. The van der Waals surface area contributed by atoms with Gasteiger partial charge in [-0.05, 0) is 12.1 Å². The van der Waals surface area contributed by atoms with E-state index in [4.69, 9.17) is 5.73 Å². The molecule has 4 nitrogen and oxygen atoms in total. The second kappa shape index (κ2) is 5.59. The van der Waals surface area contributed by atoms with Gasteiger partial charge >= 0.3 is 0 Å². The number of aromatic nitrogens is 2. The summed E-state index contributed by atoms with van der Waals surface area (Å²) in [6, 6.07) is 12.1. The fourth-order valence-electron chi connectivity index (χ4n) is 1.70. The van der Waals surface area contributed by atoms with Gasteiger partial charge in [-0.3, -0.25) is 4.68 Å². The lowest BCUT2D eigenvalue weighted by molar-refractivity contribution is 0.702. The van der Waals surface area contributed by atoms with E-state index < -0.39 is 0 Å². The number of aryl methyl sites for hydroxylation is 1. The van der Waals surface area contributed by atoms with Crippen LogP contribution in [0.25, 0.3) is 0 Å². The third kappa shape index (κ3) is 3.14. The molecule has 1 aromatic carbocycles. The van der Waals surface area contributed by atoms with Crippen molar-refractivity contribution < 1.29 is 0 Å². The second-order valence-corrected chi connectivity index (χ2v) is 3.88. The van der Waals surface area contributed by atoms with Gasteiger partial charge in [0, 0.05) is 25.8 Å². The Morgan fingerprint density at radius 2 is 1.94 bits per heavy atom. The summed E-state index contributed by atoms with van der Waals surface area (Å²) in [7, 11) is 3.96. The number of halogens is 1. The Morgan fingerprint density at radius 1 is 1.29 bits per heavy atom. The second-order valence-electron chi connectivity index (χ2n) is 3.88. The first kappa shape index (κ1) is 13.4. The summed E-state index contributed by atoms with van der Waals surface area (Å²) in [5.74, 6) is 0.568. The maximum absolute atomic E-state index is 5.64. The van der Waals surface area contributed by atoms with Crippen LogP contribution >= 0.6 is 12.4 Å². The van der Waals surface area contributed by atoms with Crippen molar-refractivity contribution in [3.63, 3.8) is 0 Å². The molecule has 2 rings (SSSR count). The Bertz CT molecular complexity index is 467. The Hall–Kier alpha value is -1.68. The zero-order valence-corrected chi connectivity index (χ0v) is 10.8. The first-order valence-electron chi connectivity index (χ1n) is 5.21. The molecule has 0 aliphatic rings. The number of benzene rings is 1. The van der Waals surface area contributed by atoms with Crippen molar-refractivity contribution >= 4 is 23.9 Å². The van der Waals surface area contributed by atoms with Gasteiger partial charge in [0.1, 0.15) is 5.82 Å². The molecule has 0 spiro atoms. The zero-order valence-electron chi connectivity index (χ0n) is 10.00. The highest BCUT2D eigenvalue weighted by Gasteiger charge is 2.06. The number of nitrogens with zero attached hydrogens (tertiary/aromatic N) is 3. The summed E-state index contributed by atoms with van der Waals surface area (Å²) in [6.45, 7) is 0.796. The minimum atomic E-state index is 0. The summed E-state index contributed by atoms with van der Waals surface area (Å²) in [6.07, 6.45) is 0. The molecule has 0 saturated heterocycles. The summed E-state index contributed by atoms with van der Waals surface area (Å²) in [4.78, 5) is 2.16. The number of hydrogen-bond donors (Lipinski definition) is 1. The summed E-state index contributed by atoms with van der Waals surface area (Å²) in [5, 5.41) is 4.13. The largest absolute Gasteiger partial charge is 0.382 e. The molecule has 0 unspecified atom stereocenters. The van der Waals surface area contributed by atoms with E-state index in [0.29, 0.717) is 5.82 Å². The smallest absolute Gasteiger partial charge is 0.145 e. The lowest BCUT2D eigenvalue weighted by Crippen LogP contribution is -2.18. The van der Waals surface area contributed by atoms with Gasteiger partial charge in [0.2, 0.25) is 0 Å². The highest BCUT2D eigenvalue weighted by molar-refractivity contribution is 5.85. The van der Waals surface area contributed by atoms with Crippen molar-refractivity contribution in [2.75, 3.05) is 17.7 Å². The number of hydrogen-bond acceptors (Lipinski definition) is 3. The SMILES string of the molecule is CN(Cc1cc(N)nn1C)c1ccccc1.Cl. The minimum absolute atomic E-state index is 0. The Labute approximate surface area is 107 Å². The third-order valence-electron chi connectivity index (χ3n) is 2.59. The molecule has 1 heterocycles. The number of rotatable bonds is 3. The van der Waals surface area contributed by atoms with Crippen LogP contribution in [0.1, 0.15) is 5.69 Å². The van der Waals surface area contributed by atoms with Gasteiger partial charge in [-0.1, -0.05) is 18.2 Å². The van der Waals surface area contributed by atoms with E-state index in [2.05, 4.69) is 29.2 Å². The first-order valence-corrected chi connectivity index (χ1v) is 5.21. The fraction of sp³-hybridized carbons (Fsp3) is 0.250. The summed E-state index contributed by atoms with van der Waals surface area (Å²) < 4.78 is 1.81. The first-order chi connectivity index (χ1) is 7.66. The van der Waals surface area contributed by atoms with Crippen LogP contribution in [0.3, 0.4) is 0 Å². The van der Waals surface area contributed by atoms with Crippen LogP contribution in [0.5, 0.6) is 0 Å². The van der Waals surface area contributed by atoms with Crippen molar-refractivity contribution in [3.8, 4) is 0 Å². The van der Waals surface area contributed by atoms with Crippen LogP contribution in [0.4, 0.5) is 11.5 Å². The van der Waals surface area contributed by atoms with Gasteiger partial charge in [0.25, 0.3) is 0 Å². The molecular formula is C12H17ClN4. The van der Waals surface area contributed by atoms with E-state index in [9.17, 15) is 0 Å². The van der Waals surface area contributed by atoms with Crippen molar-refractivity contribution in [3.05, 3.63) is 42.1 Å². The molecule has 0 bridgehead atoms. The molecule has 0 fully saturated rings. The van der Waals surface area contributed by atoms with Crippen LogP contribution in [0, 0.1) is 0 Å². The Balaban J connectivity index is 0.00000144. The quantitative estimate of drug-likeness (QED) is 0.910. The number of anilines is 2. The van der Waals surface area contributed by atoms with Crippen molar-refractivity contribution in [1.82, 2.24) is 9.78 Å². The van der Waals surface area contributed by atoms with Crippen molar-refractivity contribution in [2.45, 2.75) is 6.54 Å². The van der Waals surface area contributed by atoms with E-state index in [-0.39, 0.29) is 12.4 Å². The molecule has 2 N–H and O–H groups in total. The third-order valence-corrected chi connectivity index (χ3v) is 2.59. The molecule has 1 aromatic heterocycles. The average molecular weight is 253 g/mol. The van der Waals surface area contributed by atoms with Crippen molar-refractivity contribution in [2.24, 2.45) is 7.05 Å². The van der Waals surface area contributed by atoms with Gasteiger partial charge in [-0.25, -0.2) is 0 Å². The Kier molecular flexibility index (Phi) is 4.40. The van der Waals surface area contributed by atoms with Crippen LogP contribution in [0.2, 0.25) is 0 Å². The van der Waals surface area contributed by atoms with Crippen LogP contribution in [-0.2, 0) is 13.6 Å². The predicted molar refractivity (Wildman–Crippen MR) is 73.4 cm³/mol. The number of nitrogens with two attached hydrogens (primary N) is 1. The molecule has 0 atom stereocenters. The molecule has 0 amide bonds. The molecule has 5 heteroatoms. The maximum atomic E-state index is 5.64. The highest BCUT2D eigenvalue weighted by Crippen LogP contribution is 2.15. The molecule has 0 aliphatic heterocycles. The van der Waals surface area contributed by atoms with Gasteiger partial charge < -0.3 is 10.6 Å². The van der Waals surface area contributed by atoms with E-state index in [1.807, 2.05) is 36.0 Å². The lowest BCUT2D eigenvalue weighted by atomic mass is 10.3. The monoisotopic (exact) mass is 252 g/mol. The predicted octanol–water partition coefficient (Wildman–Crippen LogP) is 2.06. The van der Waals surface area contributed by atoms with Gasteiger partial charge in [0.15, 0.2) is 0 Å². The molecule has 0 saturated carbocycles. The summed E-state index contributed by atoms with van der Waals surface area (Å²) >= 11 is 0. The van der Waals surface area contributed by atoms with E-state index in [0.717, 1.165) is 12.2 Å². The standard InChI is InChI=1S/C12H16N4.ClH/c1-15(10-6-4-3-5-7-10)9-11-8-12(13)14-16(11)2;/h3-8H,9H2,1-2H3,(H2,13,14);1H. The normalized spacial score (nSPS) is 9.76. The molecule has 0 aliphatic carbocycles. The molecule has 0 radical (unpaired) electrons. The number of nitrogen functional groups attached to an aromatic ring is 1. The van der Waals surface area contributed by atoms with Gasteiger partial charge in [-0.15, -0.1) is 12.4 Å². The maximum Gasteiger partial charge on any atom is 0.145 e. The Morgan fingerprint density at radius 3 is 2.47 bits per heavy atom. The molecule has 92 valence electrons. The molecule has 2 aromatic rings.